The van der Waals surface area contributed by atoms with Gasteiger partial charge in [-0.15, -0.1) is 0 Å². The van der Waals surface area contributed by atoms with Crippen LogP contribution < -0.4 is 5.46 Å². The molecule has 3 fully saturated rings. The lowest BCUT2D eigenvalue weighted by Crippen LogP contribution is -2.41. The van der Waals surface area contributed by atoms with Crippen LogP contribution in [-0.2, 0) is 44.2 Å². The predicted octanol–water partition coefficient (Wildman–Crippen LogP) is 16.3. The normalized spacial score (nSPS) is 18.0. The zero-order valence-electron chi connectivity index (χ0n) is 49.2. The van der Waals surface area contributed by atoms with Gasteiger partial charge in [-0.3, -0.25) is 4.79 Å². The number of benzene rings is 5. The van der Waals surface area contributed by atoms with Gasteiger partial charge >= 0.3 is 7.12 Å². The maximum atomic E-state index is 14.7. The molecule has 0 unspecified atom stereocenters. The second-order valence-corrected chi connectivity index (χ2v) is 24.8. The summed E-state index contributed by atoms with van der Waals surface area (Å²) in [6.07, 6.45) is 18.7. The van der Waals surface area contributed by atoms with Gasteiger partial charge in [0.2, 0.25) is 0 Å². The molecule has 5 aromatic carbocycles. The van der Waals surface area contributed by atoms with Crippen LogP contribution in [0.5, 0.6) is 0 Å². The molecule has 3 aliphatic rings. The first-order chi connectivity index (χ1) is 36.0. The Morgan fingerprint density at radius 1 is 0.539 bits per heavy atom. The molecule has 5 aromatic rings. The van der Waals surface area contributed by atoms with Crippen molar-refractivity contribution in [1.82, 2.24) is 0 Å². The maximum absolute atomic E-state index is 14.7. The SMILES string of the molecule is CCC(CC)(c1ccc(CCC2(O)CCCCC2)c(C)c1)c1ccc(-c2ccc(CC(C)=O)c(F)c2)c(C)c1.CCC(CC)(c1ccc(CCC2(O)CCCCC2)c(C)c1)c1ccc(B2OC(C)(C)C(C)(C)O2)c(C)c1. The van der Waals surface area contributed by atoms with Crippen molar-refractivity contribution in [2.75, 3.05) is 0 Å². The van der Waals surface area contributed by atoms with E-state index in [2.05, 4.69) is 156 Å². The molecule has 7 heteroatoms. The Kier molecular flexibility index (Phi) is 19.0. The van der Waals surface area contributed by atoms with E-state index in [4.69, 9.17) is 9.31 Å². The summed E-state index contributed by atoms with van der Waals surface area (Å²) in [7, 11) is -0.336. The minimum atomic E-state index is -0.490. The summed E-state index contributed by atoms with van der Waals surface area (Å²) in [6, 6.07) is 32.7. The topological polar surface area (TPSA) is 76.0 Å². The molecule has 0 atom stereocenters. The van der Waals surface area contributed by atoms with E-state index in [1.54, 1.807) is 12.1 Å². The Labute approximate surface area is 459 Å². The molecule has 0 bridgehead atoms. The second kappa shape index (κ2) is 24.3. The van der Waals surface area contributed by atoms with Gasteiger partial charge in [0.1, 0.15) is 11.6 Å². The van der Waals surface area contributed by atoms with Crippen LogP contribution in [0, 0.1) is 33.5 Å². The number of ketones is 1. The number of rotatable bonds is 18. The molecule has 2 saturated carbocycles. The van der Waals surface area contributed by atoms with Crippen molar-refractivity contribution in [3.8, 4) is 11.1 Å². The molecule has 1 aliphatic heterocycles. The van der Waals surface area contributed by atoms with Gasteiger partial charge in [-0.25, -0.2) is 4.39 Å². The minimum Gasteiger partial charge on any atom is -0.399 e. The van der Waals surface area contributed by atoms with E-state index in [0.29, 0.717) is 5.56 Å². The van der Waals surface area contributed by atoms with Crippen molar-refractivity contribution in [3.05, 3.63) is 158 Å². The summed E-state index contributed by atoms with van der Waals surface area (Å²) >= 11 is 0. The number of Topliss-reactive ketones (excluding diaryl/α,β-unsaturated/α-hetero) is 1. The third-order valence-electron chi connectivity index (χ3n) is 19.4. The second-order valence-electron chi connectivity index (χ2n) is 24.8. The Hall–Kier alpha value is -4.40. The van der Waals surface area contributed by atoms with Gasteiger partial charge in [0.05, 0.1) is 22.4 Å². The Bertz CT molecular complexity index is 2770. The third kappa shape index (κ3) is 12.9. The number of hydrogen-bond acceptors (Lipinski definition) is 5. The van der Waals surface area contributed by atoms with Gasteiger partial charge < -0.3 is 19.5 Å². The van der Waals surface area contributed by atoms with Crippen LogP contribution >= 0.6 is 0 Å². The van der Waals surface area contributed by atoms with E-state index in [-0.39, 0.29) is 47.2 Å². The minimum absolute atomic E-state index is 0.0376. The van der Waals surface area contributed by atoms with Crippen LogP contribution in [0.1, 0.15) is 226 Å². The highest BCUT2D eigenvalue weighted by Gasteiger charge is 2.52. The van der Waals surface area contributed by atoms with Crippen molar-refractivity contribution in [3.63, 3.8) is 0 Å². The molecule has 0 spiro atoms. The van der Waals surface area contributed by atoms with Crippen LogP contribution in [0.4, 0.5) is 4.39 Å². The molecule has 1 saturated heterocycles. The van der Waals surface area contributed by atoms with Crippen LogP contribution in [0.25, 0.3) is 11.1 Å². The molecular formula is C69H94BFO5. The van der Waals surface area contributed by atoms with Crippen LogP contribution in [-0.4, -0.2) is 45.5 Å². The van der Waals surface area contributed by atoms with Crippen molar-refractivity contribution < 1.29 is 28.7 Å². The van der Waals surface area contributed by atoms with Gasteiger partial charge in [0.15, 0.2) is 0 Å². The smallest absolute Gasteiger partial charge is 0.399 e. The monoisotopic (exact) mass is 1030 g/mol. The van der Waals surface area contributed by atoms with Crippen LogP contribution in [0.2, 0.25) is 0 Å². The fourth-order valence-corrected chi connectivity index (χ4v) is 13.3. The Morgan fingerprint density at radius 3 is 1.32 bits per heavy atom. The molecule has 5 nitrogen and oxygen atoms in total. The summed E-state index contributed by atoms with van der Waals surface area (Å²) in [5, 5.41) is 22.0. The quantitative estimate of drug-likeness (QED) is 0.0856. The molecule has 1 heterocycles. The van der Waals surface area contributed by atoms with Crippen molar-refractivity contribution in [2.45, 2.75) is 245 Å². The van der Waals surface area contributed by atoms with E-state index in [1.807, 2.05) is 6.07 Å². The summed E-state index contributed by atoms with van der Waals surface area (Å²) in [4.78, 5) is 11.5. The standard InChI is InChI=1S/C36H45FO2.C33H49BO3/c1-6-36(7-2,31-14-13-28(25(3)21-31)17-20-35(39)18-9-8-10-19-35)32-15-16-33(26(4)22-32)29-11-12-30(23-27(5)38)34(37)24-29;1-9-33(10-2,27-15-14-26(24(3)22-27)18-21-32(35)19-12-11-13-20-32)28-16-17-29(25(4)23-28)34-36-30(5,6)31(7,8)37-34/h11-16,21-22,24,39H,6-10,17-20,23H2,1-5H3;14-17,22-23,35H,9-13,18-21H2,1-8H3. The summed E-state index contributed by atoms with van der Waals surface area (Å²) < 4.78 is 27.4. The highest BCUT2D eigenvalue weighted by Crippen LogP contribution is 2.44. The molecule has 76 heavy (non-hydrogen) atoms. The van der Waals surface area contributed by atoms with E-state index < -0.39 is 11.2 Å². The Morgan fingerprint density at radius 2 is 0.934 bits per heavy atom. The number of hydrogen-bond donors (Lipinski definition) is 2. The molecule has 0 radical (unpaired) electrons. The van der Waals surface area contributed by atoms with E-state index in [1.165, 1.54) is 69.8 Å². The highest BCUT2D eigenvalue weighted by molar-refractivity contribution is 6.62. The molecule has 0 aromatic heterocycles. The molecule has 410 valence electrons. The largest absolute Gasteiger partial charge is 0.495 e. The average molecular weight is 1030 g/mol. The fraction of sp³-hybridized carbons (Fsp3) is 0.551. The first kappa shape index (κ1) is 59.3. The fourth-order valence-electron chi connectivity index (χ4n) is 13.3. The van der Waals surface area contributed by atoms with Crippen molar-refractivity contribution >= 4 is 18.4 Å². The highest BCUT2D eigenvalue weighted by atomic mass is 19.1. The molecule has 2 aliphatic carbocycles. The number of aliphatic hydroxyl groups is 2. The number of aryl methyl sites for hydroxylation is 6. The predicted molar refractivity (Wildman–Crippen MR) is 316 cm³/mol. The van der Waals surface area contributed by atoms with E-state index in [0.717, 1.165) is 125 Å². The summed E-state index contributed by atoms with van der Waals surface area (Å²) in [6.45, 7) is 27.8. The number of halogens is 1. The van der Waals surface area contributed by atoms with Gasteiger partial charge in [0, 0.05) is 17.3 Å². The van der Waals surface area contributed by atoms with Crippen LogP contribution in [0.15, 0.2) is 91.0 Å². The van der Waals surface area contributed by atoms with Gasteiger partial charge in [-0.1, -0.05) is 157 Å². The third-order valence-corrected chi connectivity index (χ3v) is 19.4. The zero-order chi connectivity index (χ0) is 55.3. The Balaban J connectivity index is 0.000000221. The summed E-state index contributed by atoms with van der Waals surface area (Å²) in [5.41, 5.74) is 14.7. The number of carbonyl (C=O) groups is 1. The van der Waals surface area contributed by atoms with E-state index in [9.17, 15) is 19.4 Å². The molecular weight excluding hydrogens is 939 g/mol. The average Bonchev–Trinajstić information content (AvgIpc) is 3.60. The van der Waals surface area contributed by atoms with E-state index >= 15 is 0 Å². The lowest BCUT2D eigenvalue weighted by atomic mass is 9.67. The van der Waals surface area contributed by atoms with Gasteiger partial charge in [-0.2, -0.15) is 0 Å². The molecule has 8 rings (SSSR count). The maximum Gasteiger partial charge on any atom is 0.495 e. The lowest BCUT2D eigenvalue weighted by Gasteiger charge is -2.35. The van der Waals surface area contributed by atoms with Crippen molar-refractivity contribution in [1.29, 1.82) is 0 Å². The molecule has 2 N–H and O–H groups in total. The van der Waals surface area contributed by atoms with Crippen molar-refractivity contribution in [2.24, 2.45) is 0 Å². The van der Waals surface area contributed by atoms with Gasteiger partial charge in [0.25, 0.3) is 0 Å². The van der Waals surface area contributed by atoms with Gasteiger partial charge in [-0.05, 0) is 218 Å². The summed E-state index contributed by atoms with van der Waals surface area (Å²) in [5.74, 6) is -0.365. The lowest BCUT2D eigenvalue weighted by molar-refractivity contribution is -0.116. The molecule has 0 amide bonds. The first-order valence-electron chi connectivity index (χ1n) is 29.5. The van der Waals surface area contributed by atoms with Crippen LogP contribution in [0.3, 0.4) is 0 Å². The zero-order valence-corrected chi connectivity index (χ0v) is 49.2. The first-order valence-corrected chi connectivity index (χ1v) is 29.5. The number of carbonyl (C=O) groups excluding carboxylic acids is 1.